The van der Waals surface area contributed by atoms with Crippen molar-refractivity contribution in [2.45, 2.75) is 44.2 Å². The van der Waals surface area contributed by atoms with Crippen molar-refractivity contribution in [2.75, 3.05) is 0 Å². The summed E-state index contributed by atoms with van der Waals surface area (Å²) in [5.41, 5.74) is 0. The molecule has 0 N–H and O–H groups in total. The van der Waals surface area contributed by atoms with Crippen molar-refractivity contribution in [3.63, 3.8) is 0 Å². The lowest BCUT2D eigenvalue weighted by atomic mass is 9.79. The van der Waals surface area contributed by atoms with Crippen molar-refractivity contribution in [2.24, 2.45) is 5.92 Å². The molecule has 2 heteroatoms. The second kappa shape index (κ2) is 1.74. The SMILES string of the molecule is C1C2C[C@@H]3C[C@H](C2)OC1O3. The van der Waals surface area contributed by atoms with Crippen molar-refractivity contribution in [1.82, 2.24) is 0 Å². The van der Waals surface area contributed by atoms with Crippen LogP contribution in [0.3, 0.4) is 0 Å². The predicted molar refractivity (Wildman–Crippen MR) is 35.5 cm³/mol. The predicted octanol–water partition coefficient (Wildman–Crippen LogP) is 1.30. The minimum Gasteiger partial charge on any atom is -0.349 e. The maximum atomic E-state index is 5.60. The van der Waals surface area contributed by atoms with Crippen molar-refractivity contribution < 1.29 is 9.47 Å². The zero-order valence-corrected chi connectivity index (χ0v) is 5.95. The maximum absolute atomic E-state index is 5.60. The molecule has 3 saturated heterocycles. The highest BCUT2D eigenvalue weighted by molar-refractivity contribution is 4.89. The zero-order valence-electron chi connectivity index (χ0n) is 5.95. The summed E-state index contributed by atoms with van der Waals surface area (Å²) in [5.74, 6) is 0.927. The van der Waals surface area contributed by atoms with E-state index in [0.29, 0.717) is 12.2 Å². The van der Waals surface area contributed by atoms with Crippen LogP contribution in [0.15, 0.2) is 0 Å². The van der Waals surface area contributed by atoms with E-state index < -0.39 is 0 Å². The molecule has 4 bridgehead atoms. The minimum absolute atomic E-state index is 0.177. The average molecular weight is 140 g/mol. The Labute approximate surface area is 60.5 Å². The molecule has 0 aromatic carbocycles. The van der Waals surface area contributed by atoms with E-state index >= 15 is 0 Å². The molecular weight excluding hydrogens is 128 g/mol. The van der Waals surface area contributed by atoms with Crippen LogP contribution in [0.5, 0.6) is 0 Å². The Kier molecular flexibility index (Phi) is 0.968. The summed E-state index contributed by atoms with van der Waals surface area (Å²) >= 11 is 0. The highest BCUT2D eigenvalue weighted by Crippen LogP contribution is 2.43. The van der Waals surface area contributed by atoms with E-state index in [1.807, 2.05) is 0 Å². The Balaban J connectivity index is 1.90. The molecule has 0 radical (unpaired) electrons. The van der Waals surface area contributed by atoms with Gasteiger partial charge < -0.3 is 9.47 Å². The van der Waals surface area contributed by atoms with Gasteiger partial charge in [-0.1, -0.05) is 0 Å². The fourth-order valence-corrected chi connectivity index (χ4v) is 2.58. The van der Waals surface area contributed by atoms with Gasteiger partial charge in [0.2, 0.25) is 0 Å². The van der Waals surface area contributed by atoms with E-state index in [4.69, 9.17) is 9.47 Å². The Morgan fingerprint density at radius 1 is 0.800 bits per heavy atom. The summed E-state index contributed by atoms with van der Waals surface area (Å²) in [4.78, 5) is 0. The van der Waals surface area contributed by atoms with Crippen LogP contribution in [-0.2, 0) is 9.47 Å². The fourth-order valence-electron chi connectivity index (χ4n) is 2.58. The lowest BCUT2D eigenvalue weighted by Gasteiger charge is -2.49. The highest BCUT2D eigenvalue weighted by Gasteiger charge is 2.43. The third kappa shape index (κ3) is 0.663. The lowest BCUT2D eigenvalue weighted by Crippen LogP contribution is -2.50. The molecule has 10 heavy (non-hydrogen) atoms. The van der Waals surface area contributed by atoms with Crippen molar-refractivity contribution in [3.8, 4) is 0 Å². The Morgan fingerprint density at radius 3 is 2.00 bits per heavy atom. The molecule has 1 aliphatic carbocycles. The number of hydrogen-bond donors (Lipinski definition) is 0. The second-order valence-electron chi connectivity index (χ2n) is 3.75. The minimum atomic E-state index is 0.177. The molecule has 0 amide bonds. The average Bonchev–Trinajstić information content (AvgIpc) is 1.82. The van der Waals surface area contributed by atoms with E-state index in [9.17, 15) is 0 Å². The topological polar surface area (TPSA) is 18.5 Å². The van der Waals surface area contributed by atoms with Gasteiger partial charge in [-0.2, -0.15) is 0 Å². The van der Waals surface area contributed by atoms with Crippen molar-refractivity contribution in [3.05, 3.63) is 0 Å². The van der Waals surface area contributed by atoms with Crippen LogP contribution in [0.2, 0.25) is 0 Å². The van der Waals surface area contributed by atoms with Crippen LogP contribution in [0.25, 0.3) is 0 Å². The molecule has 56 valence electrons. The van der Waals surface area contributed by atoms with Crippen LogP contribution in [0.4, 0.5) is 0 Å². The lowest BCUT2D eigenvalue weighted by molar-refractivity contribution is -0.302. The van der Waals surface area contributed by atoms with E-state index in [0.717, 1.165) is 18.8 Å². The van der Waals surface area contributed by atoms with Crippen LogP contribution in [-0.4, -0.2) is 18.5 Å². The van der Waals surface area contributed by atoms with Crippen LogP contribution >= 0.6 is 0 Å². The molecule has 0 spiro atoms. The number of hydrogen-bond acceptors (Lipinski definition) is 2. The van der Waals surface area contributed by atoms with Gasteiger partial charge in [-0.25, -0.2) is 0 Å². The van der Waals surface area contributed by atoms with Crippen LogP contribution < -0.4 is 0 Å². The summed E-state index contributed by atoms with van der Waals surface area (Å²) in [6, 6.07) is 0. The highest BCUT2D eigenvalue weighted by atomic mass is 16.7. The van der Waals surface area contributed by atoms with E-state index in [2.05, 4.69) is 0 Å². The Morgan fingerprint density at radius 2 is 1.50 bits per heavy atom. The van der Waals surface area contributed by atoms with Gasteiger partial charge in [0.15, 0.2) is 6.29 Å². The first-order valence-corrected chi connectivity index (χ1v) is 4.21. The Hall–Kier alpha value is -0.0800. The summed E-state index contributed by atoms with van der Waals surface area (Å²) < 4.78 is 11.2. The normalized spacial score (nSPS) is 57.6. The molecule has 4 atom stereocenters. The molecule has 3 heterocycles. The fraction of sp³-hybridized carbons (Fsp3) is 1.00. The quantitative estimate of drug-likeness (QED) is 0.505. The standard InChI is InChI=1S/C8H12O2/c1-5-2-7-4-6(1)9-8(3-5)10-7/h5-8H,1-4H2/t5?,6-,7+,8?. The molecule has 2 unspecified atom stereocenters. The monoisotopic (exact) mass is 140 g/mol. The molecule has 0 aromatic rings. The molecule has 2 nitrogen and oxygen atoms in total. The van der Waals surface area contributed by atoms with Crippen LogP contribution in [0.1, 0.15) is 25.7 Å². The first kappa shape index (κ1) is 5.56. The van der Waals surface area contributed by atoms with Gasteiger partial charge >= 0.3 is 0 Å². The smallest absolute Gasteiger partial charge is 0.158 e. The van der Waals surface area contributed by atoms with E-state index in [-0.39, 0.29) is 6.29 Å². The van der Waals surface area contributed by atoms with Crippen molar-refractivity contribution >= 4 is 0 Å². The summed E-state index contributed by atoms with van der Waals surface area (Å²) in [5, 5.41) is 0. The van der Waals surface area contributed by atoms with Gasteiger partial charge in [-0.3, -0.25) is 0 Å². The van der Waals surface area contributed by atoms with Gasteiger partial charge in [0, 0.05) is 12.8 Å². The molecule has 4 rings (SSSR count). The molecule has 0 aromatic heterocycles. The summed E-state index contributed by atoms with van der Waals surface area (Å²) in [6.07, 6.45) is 6.20. The molecule has 4 aliphatic rings. The molecule has 1 saturated carbocycles. The third-order valence-corrected chi connectivity index (χ3v) is 2.93. The van der Waals surface area contributed by atoms with Crippen LogP contribution in [0, 0.1) is 5.92 Å². The van der Waals surface area contributed by atoms with Gasteiger partial charge in [-0.15, -0.1) is 0 Å². The zero-order chi connectivity index (χ0) is 6.55. The Bertz CT molecular complexity index is 98.8. The van der Waals surface area contributed by atoms with Gasteiger partial charge in [0.25, 0.3) is 0 Å². The van der Waals surface area contributed by atoms with E-state index in [1.54, 1.807) is 0 Å². The van der Waals surface area contributed by atoms with E-state index in [1.165, 1.54) is 12.8 Å². The second-order valence-corrected chi connectivity index (χ2v) is 3.75. The van der Waals surface area contributed by atoms with Gasteiger partial charge in [-0.05, 0) is 18.8 Å². The molecule has 4 fully saturated rings. The first-order valence-electron chi connectivity index (χ1n) is 4.21. The number of ether oxygens (including phenoxy) is 2. The number of rotatable bonds is 0. The molecular formula is C8H12O2. The first-order chi connectivity index (χ1) is 4.90. The largest absolute Gasteiger partial charge is 0.349 e. The van der Waals surface area contributed by atoms with Crippen molar-refractivity contribution in [1.29, 1.82) is 0 Å². The molecule has 3 aliphatic heterocycles. The maximum Gasteiger partial charge on any atom is 0.158 e. The third-order valence-electron chi connectivity index (χ3n) is 2.93. The summed E-state index contributed by atoms with van der Waals surface area (Å²) in [7, 11) is 0. The van der Waals surface area contributed by atoms with Gasteiger partial charge in [0.1, 0.15) is 0 Å². The summed E-state index contributed by atoms with van der Waals surface area (Å²) in [6.45, 7) is 0. The van der Waals surface area contributed by atoms with Gasteiger partial charge in [0.05, 0.1) is 12.2 Å².